The van der Waals surface area contributed by atoms with Crippen molar-refractivity contribution in [2.45, 2.75) is 16.2 Å². The number of nitro benzene ring substituents is 1. The molecule has 0 fully saturated rings. The van der Waals surface area contributed by atoms with Crippen LogP contribution in [0, 0.1) is 10.1 Å². The predicted octanol–water partition coefficient (Wildman–Crippen LogP) is 3.00. The summed E-state index contributed by atoms with van der Waals surface area (Å²) in [7, 11) is 1.54. The highest BCUT2D eigenvalue weighted by atomic mass is 32.2. The molecule has 0 radical (unpaired) electrons. The van der Waals surface area contributed by atoms with Crippen molar-refractivity contribution in [2.75, 3.05) is 7.11 Å². The molecule has 0 saturated heterocycles. The van der Waals surface area contributed by atoms with Gasteiger partial charge in [-0.2, -0.15) is 0 Å². The number of ether oxygens (including phenoxy) is 1. The smallest absolute Gasteiger partial charge is 0.282 e. The van der Waals surface area contributed by atoms with Crippen LogP contribution in [0.5, 0.6) is 5.75 Å². The fraction of sp³-hybridized carbons (Fsp3) is 0.188. The Hall–Kier alpha value is -2.38. The second-order valence-corrected chi connectivity index (χ2v) is 5.85. The number of aliphatic hydroxyl groups is 1. The van der Waals surface area contributed by atoms with Crippen LogP contribution in [0.3, 0.4) is 0 Å². The first-order chi connectivity index (χ1) is 11.1. The van der Waals surface area contributed by atoms with Crippen LogP contribution in [0.4, 0.5) is 5.69 Å². The first-order valence-corrected chi connectivity index (χ1v) is 7.62. The number of benzene rings is 2. The molecule has 0 aromatic heterocycles. The number of hydrogen-bond acceptors (Lipinski definition) is 6. The Labute approximate surface area is 137 Å². The molecule has 1 N–H and O–H groups in total. The first-order valence-electron chi connectivity index (χ1n) is 6.74. The Bertz CT molecular complexity index is 689. The summed E-state index contributed by atoms with van der Waals surface area (Å²) in [6.07, 6.45) is -0.857. The molecule has 7 heteroatoms. The maximum Gasteiger partial charge on any atom is 0.282 e. The Kier molecular flexibility index (Phi) is 5.72. The van der Waals surface area contributed by atoms with Crippen LogP contribution in [0.1, 0.15) is 10.8 Å². The SMILES string of the molecule is COc1ccc([C@@H](Sc2ccccc2[N+](=O)[O-])[C@H](O)C=O)cc1. The van der Waals surface area contributed by atoms with E-state index in [1.54, 1.807) is 42.5 Å². The van der Waals surface area contributed by atoms with Gasteiger partial charge >= 0.3 is 0 Å². The first kappa shape index (κ1) is 17.0. The second-order valence-electron chi connectivity index (χ2n) is 4.66. The predicted molar refractivity (Wildman–Crippen MR) is 86.8 cm³/mol. The molecule has 120 valence electrons. The third-order valence-corrected chi connectivity index (χ3v) is 4.61. The van der Waals surface area contributed by atoms with E-state index in [9.17, 15) is 20.0 Å². The number of carbonyl (C=O) groups is 1. The van der Waals surface area contributed by atoms with Crippen LogP contribution in [-0.4, -0.2) is 29.5 Å². The van der Waals surface area contributed by atoms with Gasteiger partial charge in [0.25, 0.3) is 5.69 Å². The fourth-order valence-electron chi connectivity index (χ4n) is 2.04. The van der Waals surface area contributed by atoms with E-state index in [0.717, 1.165) is 11.8 Å². The van der Waals surface area contributed by atoms with Crippen molar-refractivity contribution in [3.8, 4) is 5.75 Å². The van der Waals surface area contributed by atoms with E-state index in [-0.39, 0.29) is 5.69 Å². The summed E-state index contributed by atoms with van der Waals surface area (Å²) in [5, 5.41) is 20.5. The zero-order valence-corrected chi connectivity index (χ0v) is 13.1. The number of nitro groups is 1. The van der Waals surface area contributed by atoms with Gasteiger partial charge in [0.15, 0.2) is 0 Å². The van der Waals surface area contributed by atoms with E-state index < -0.39 is 16.3 Å². The number of methoxy groups -OCH3 is 1. The molecule has 0 aliphatic rings. The zero-order chi connectivity index (χ0) is 16.8. The fourth-order valence-corrected chi connectivity index (χ4v) is 3.24. The van der Waals surface area contributed by atoms with E-state index in [4.69, 9.17) is 4.74 Å². The van der Waals surface area contributed by atoms with Crippen LogP contribution < -0.4 is 4.74 Å². The molecule has 0 heterocycles. The molecule has 23 heavy (non-hydrogen) atoms. The number of thioether (sulfide) groups is 1. The molecule has 2 rings (SSSR count). The quantitative estimate of drug-likeness (QED) is 0.362. The molecule has 2 aromatic carbocycles. The molecular formula is C16H15NO5S. The lowest BCUT2D eigenvalue weighted by Crippen LogP contribution is -2.17. The van der Waals surface area contributed by atoms with Gasteiger partial charge in [-0.25, -0.2) is 0 Å². The number of aldehydes is 1. The van der Waals surface area contributed by atoms with Gasteiger partial charge in [0, 0.05) is 6.07 Å². The second kappa shape index (κ2) is 7.75. The van der Waals surface area contributed by atoms with Crippen molar-refractivity contribution in [1.82, 2.24) is 0 Å². The molecule has 0 spiro atoms. The maximum absolute atomic E-state index is 11.1. The highest BCUT2D eigenvalue weighted by molar-refractivity contribution is 7.99. The minimum atomic E-state index is -1.28. The van der Waals surface area contributed by atoms with E-state index in [2.05, 4.69) is 0 Å². The summed E-state index contributed by atoms with van der Waals surface area (Å²) in [6, 6.07) is 13.1. The van der Waals surface area contributed by atoms with Gasteiger partial charge in [-0.15, -0.1) is 11.8 Å². The summed E-state index contributed by atoms with van der Waals surface area (Å²) in [6.45, 7) is 0. The van der Waals surface area contributed by atoms with Crippen LogP contribution >= 0.6 is 11.8 Å². The molecule has 2 aromatic rings. The summed E-state index contributed by atoms with van der Waals surface area (Å²) in [5.41, 5.74) is 0.614. The van der Waals surface area contributed by atoms with Gasteiger partial charge in [0.1, 0.15) is 18.1 Å². The molecule has 0 aliphatic carbocycles. The largest absolute Gasteiger partial charge is 0.497 e. The average molecular weight is 333 g/mol. The topological polar surface area (TPSA) is 89.7 Å². The Morgan fingerprint density at radius 3 is 2.43 bits per heavy atom. The van der Waals surface area contributed by atoms with E-state index in [1.807, 2.05) is 0 Å². The minimum Gasteiger partial charge on any atom is -0.497 e. The molecule has 0 unspecified atom stereocenters. The number of nitrogens with zero attached hydrogens (tertiary/aromatic N) is 1. The number of para-hydroxylation sites is 1. The summed E-state index contributed by atoms with van der Waals surface area (Å²) < 4.78 is 5.08. The summed E-state index contributed by atoms with van der Waals surface area (Å²) in [4.78, 5) is 22.0. The van der Waals surface area contributed by atoms with Crippen molar-refractivity contribution in [3.05, 3.63) is 64.2 Å². The van der Waals surface area contributed by atoms with E-state index in [0.29, 0.717) is 22.5 Å². The van der Waals surface area contributed by atoms with Crippen LogP contribution in [0.2, 0.25) is 0 Å². The van der Waals surface area contributed by atoms with Gasteiger partial charge < -0.3 is 14.6 Å². The van der Waals surface area contributed by atoms with Gasteiger partial charge in [-0.05, 0) is 23.8 Å². The lowest BCUT2D eigenvalue weighted by atomic mass is 10.1. The maximum atomic E-state index is 11.1. The Balaban J connectivity index is 2.36. The third kappa shape index (κ3) is 4.08. The number of carbonyl (C=O) groups excluding carboxylic acids is 1. The minimum absolute atomic E-state index is 0.0610. The van der Waals surface area contributed by atoms with E-state index >= 15 is 0 Å². The van der Waals surface area contributed by atoms with Gasteiger partial charge in [0.2, 0.25) is 0 Å². The van der Waals surface area contributed by atoms with Crippen LogP contribution in [0.25, 0.3) is 0 Å². The molecule has 0 saturated carbocycles. The number of hydrogen-bond donors (Lipinski definition) is 1. The van der Waals surface area contributed by atoms with Crippen molar-refractivity contribution in [1.29, 1.82) is 0 Å². The molecule has 2 atom stereocenters. The van der Waals surface area contributed by atoms with E-state index in [1.165, 1.54) is 13.2 Å². The Morgan fingerprint density at radius 1 is 1.22 bits per heavy atom. The molecule has 0 amide bonds. The number of aliphatic hydroxyl groups excluding tert-OH is 1. The standard InChI is InChI=1S/C16H15NO5S/c1-22-12-8-6-11(7-9-12)16(14(19)10-18)23-15-5-3-2-4-13(15)17(20)21/h2-10,14,16,19H,1H3/t14-,16-/m1/s1. The average Bonchev–Trinajstić information content (AvgIpc) is 2.59. The summed E-state index contributed by atoms with van der Waals surface area (Å²) >= 11 is 1.08. The Morgan fingerprint density at radius 2 is 1.87 bits per heavy atom. The zero-order valence-electron chi connectivity index (χ0n) is 12.3. The lowest BCUT2D eigenvalue weighted by Gasteiger charge is -2.19. The van der Waals surface area contributed by atoms with Crippen molar-refractivity contribution >= 4 is 23.7 Å². The van der Waals surface area contributed by atoms with Gasteiger partial charge in [0.05, 0.1) is 22.2 Å². The van der Waals surface area contributed by atoms with Crippen molar-refractivity contribution in [2.24, 2.45) is 0 Å². The van der Waals surface area contributed by atoms with Crippen molar-refractivity contribution in [3.63, 3.8) is 0 Å². The van der Waals surface area contributed by atoms with Gasteiger partial charge in [-0.3, -0.25) is 10.1 Å². The van der Waals surface area contributed by atoms with Crippen LogP contribution in [0.15, 0.2) is 53.4 Å². The normalized spacial score (nSPS) is 13.1. The van der Waals surface area contributed by atoms with Crippen molar-refractivity contribution < 1.29 is 19.6 Å². The molecule has 6 nitrogen and oxygen atoms in total. The van der Waals surface area contributed by atoms with Crippen LogP contribution in [-0.2, 0) is 4.79 Å². The lowest BCUT2D eigenvalue weighted by molar-refractivity contribution is -0.387. The number of rotatable bonds is 7. The molecule has 0 aliphatic heterocycles. The molecular weight excluding hydrogens is 318 g/mol. The third-order valence-electron chi connectivity index (χ3n) is 3.21. The highest BCUT2D eigenvalue weighted by Gasteiger charge is 2.25. The molecule has 0 bridgehead atoms. The van der Waals surface area contributed by atoms with Gasteiger partial charge in [-0.1, -0.05) is 24.3 Å². The monoisotopic (exact) mass is 333 g/mol. The summed E-state index contributed by atoms with van der Waals surface area (Å²) in [5.74, 6) is 0.642. The highest BCUT2D eigenvalue weighted by Crippen LogP contribution is 2.41.